The van der Waals surface area contributed by atoms with Crippen LogP contribution in [0.15, 0.2) is 12.4 Å². The number of aryl methyl sites for hydroxylation is 1. The number of rotatable bonds is 3. The summed E-state index contributed by atoms with van der Waals surface area (Å²) in [6.45, 7) is 5.98. The van der Waals surface area contributed by atoms with Crippen molar-refractivity contribution in [3.8, 4) is 0 Å². The Labute approximate surface area is 136 Å². The van der Waals surface area contributed by atoms with Crippen molar-refractivity contribution in [3.05, 3.63) is 18.2 Å². The third kappa shape index (κ3) is 2.83. The zero-order valence-electron chi connectivity index (χ0n) is 13.7. The maximum absolute atomic E-state index is 12.7. The Morgan fingerprint density at radius 3 is 2.74 bits per heavy atom. The molecule has 1 aromatic heterocycles. The Morgan fingerprint density at radius 1 is 1.17 bits per heavy atom. The minimum absolute atomic E-state index is 0.235. The molecule has 3 aliphatic heterocycles. The highest BCUT2D eigenvalue weighted by Gasteiger charge is 2.43. The number of carbonyl (C=O) groups is 1. The minimum atomic E-state index is 0.235. The standard InChI is InChI=1S/C16H25N5O2/c1-18-5-4-17-15(18)12-19-6-7-20-14(10-19)11-21(16(20)22)13-2-8-23-9-3-13/h4-5,13-14H,2-3,6-12H2,1H3. The second-order valence-corrected chi connectivity index (χ2v) is 6.82. The molecule has 7 heteroatoms. The van der Waals surface area contributed by atoms with Crippen LogP contribution in [0.25, 0.3) is 0 Å². The van der Waals surface area contributed by atoms with Crippen molar-refractivity contribution in [1.29, 1.82) is 0 Å². The van der Waals surface area contributed by atoms with E-state index in [9.17, 15) is 4.79 Å². The molecule has 23 heavy (non-hydrogen) atoms. The van der Waals surface area contributed by atoms with Gasteiger partial charge in [-0.25, -0.2) is 9.78 Å². The quantitative estimate of drug-likeness (QED) is 0.815. The molecular formula is C16H25N5O2. The van der Waals surface area contributed by atoms with E-state index in [0.717, 1.165) is 64.6 Å². The number of amides is 2. The molecule has 2 amide bonds. The maximum Gasteiger partial charge on any atom is 0.320 e. The van der Waals surface area contributed by atoms with Gasteiger partial charge in [-0.2, -0.15) is 0 Å². The lowest BCUT2D eigenvalue weighted by Gasteiger charge is -2.36. The lowest BCUT2D eigenvalue weighted by atomic mass is 10.1. The van der Waals surface area contributed by atoms with Gasteiger partial charge in [0.2, 0.25) is 0 Å². The summed E-state index contributed by atoms with van der Waals surface area (Å²) < 4.78 is 7.50. The van der Waals surface area contributed by atoms with Gasteiger partial charge in [0.15, 0.2) is 0 Å². The molecule has 126 valence electrons. The molecule has 0 saturated carbocycles. The fraction of sp³-hybridized carbons (Fsp3) is 0.750. The number of hydrogen-bond donors (Lipinski definition) is 0. The number of fused-ring (bicyclic) bond motifs is 1. The van der Waals surface area contributed by atoms with Crippen molar-refractivity contribution in [2.24, 2.45) is 7.05 Å². The lowest BCUT2D eigenvalue weighted by molar-refractivity contribution is 0.0504. The van der Waals surface area contributed by atoms with Gasteiger partial charge in [-0.05, 0) is 12.8 Å². The molecule has 3 aliphatic rings. The first kappa shape index (κ1) is 15.0. The molecule has 0 spiro atoms. The number of carbonyl (C=O) groups excluding carboxylic acids is 1. The van der Waals surface area contributed by atoms with Crippen LogP contribution in [-0.2, 0) is 18.3 Å². The summed E-state index contributed by atoms with van der Waals surface area (Å²) in [6.07, 6.45) is 5.78. The van der Waals surface area contributed by atoms with E-state index in [0.29, 0.717) is 12.1 Å². The first-order valence-corrected chi connectivity index (χ1v) is 8.56. The summed E-state index contributed by atoms with van der Waals surface area (Å²) >= 11 is 0. The molecule has 0 radical (unpaired) electrons. The van der Waals surface area contributed by atoms with Crippen LogP contribution in [0.4, 0.5) is 4.79 Å². The zero-order valence-corrected chi connectivity index (χ0v) is 13.7. The number of hydrogen-bond acceptors (Lipinski definition) is 4. The molecule has 4 rings (SSSR count). The Kier molecular flexibility index (Phi) is 3.98. The Hall–Kier alpha value is -1.60. The number of aromatic nitrogens is 2. The maximum atomic E-state index is 12.7. The van der Waals surface area contributed by atoms with Gasteiger partial charge in [-0.1, -0.05) is 0 Å². The van der Waals surface area contributed by atoms with Gasteiger partial charge in [0.05, 0.1) is 12.6 Å². The van der Waals surface area contributed by atoms with Crippen molar-refractivity contribution in [2.75, 3.05) is 39.4 Å². The van der Waals surface area contributed by atoms with Crippen molar-refractivity contribution in [3.63, 3.8) is 0 Å². The van der Waals surface area contributed by atoms with E-state index in [4.69, 9.17) is 4.74 Å². The van der Waals surface area contributed by atoms with Crippen LogP contribution in [0.2, 0.25) is 0 Å². The third-order valence-electron chi connectivity index (χ3n) is 5.38. The second kappa shape index (κ2) is 6.13. The fourth-order valence-electron chi connectivity index (χ4n) is 3.99. The highest BCUT2D eigenvalue weighted by Crippen LogP contribution is 2.26. The topological polar surface area (TPSA) is 53.8 Å². The van der Waals surface area contributed by atoms with Crippen molar-refractivity contribution in [2.45, 2.75) is 31.5 Å². The van der Waals surface area contributed by atoms with Crippen molar-refractivity contribution < 1.29 is 9.53 Å². The van der Waals surface area contributed by atoms with Gasteiger partial charge >= 0.3 is 6.03 Å². The first-order valence-electron chi connectivity index (χ1n) is 8.56. The van der Waals surface area contributed by atoms with Crippen LogP contribution in [-0.4, -0.2) is 81.8 Å². The van der Waals surface area contributed by atoms with Crippen LogP contribution in [0, 0.1) is 0 Å². The summed E-state index contributed by atoms with van der Waals surface area (Å²) in [4.78, 5) is 23.7. The van der Waals surface area contributed by atoms with Gasteiger partial charge in [-0.3, -0.25) is 4.90 Å². The van der Waals surface area contributed by atoms with E-state index in [-0.39, 0.29) is 6.03 Å². The second-order valence-electron chi connectivity index (χ2n) is 6.82. The Balaban J connectivity index is 1.40. The van der Waals surface area contributed by atoms with Crippen molar-refractivity contribution >= 4 is 6.03 Å². The normalized spacial score (nSPS) is 26.8. The van der Waals surface area contributed by atoms with Crippen LogP contribution < -0.4 is 0 Å². The smallest absolute Gasteiger partial charge is 0.320 e. The van der Waals surface area contributed by atoms with E-state index in [1.807, 2.05) is 19.4 Å². The highest BCUT2D eigenvalue weighted by atomic mass is 16.5. The first-order chi connectivity index (χ1) is 11.2. The molecular weight excluding hydrogens is 294 g/mol. The van der Waals surface area contributed by atoms with E-state index in [1.165, 1.54) is 0 Å². The van der Waals surface area contributed by atoms with E-state index < -0.39 is 0 Å². The van der Waals surface area contributed by atoms with Crippen LogP contribution in [0.5, 0.6) is 0 Å². The Bertz CT molecular complexity index is 569. The molecule has 4 heterocycles. The summed E-state index contributed by atoms with van der Waals surface area (Å²) in [5.41, 5.74) is 0. The molecule has 0 bridgehead atoms. The van der Waals surface area contributed by atoms with Gasteiger partial charge in [0.25, 0.3) is 0 Å². The zero-order chi connectivity index (χ0) is 15.8. The number of urea groups is 1. The largest absolute Gasteiger partial charge is 0.381 e. The van der Waals surface area contributed by atoms with Gasteiger partial charge in [-0.15, -0.1) is 0 Å². The average molecular weight is 319 g/mol. The molecule has 0 N–H and O–H groups in total. The number of ether oxygens (including phenoxy) is 1. The monoisotopic (exact) mass is 319 g/mol. The molecule has 3 saturated heterocycles. The highest BCUT2D eigenvalue weighted by molar-refractivity contribution is 5.77. The molecule has 0 aliphatic carbocycles. The number of piperazine rings is 1. The summed E-state index contributed by atoms with van der Waals surface area (Å²) in [5, 5.41) is 0. The van der Waals surface area contributed by atoms with E-state index in [1.54, 1.807) is 0 Å². The molecule has 1 atom stereocenters. The summed E-state index contributed by atoms with van der Waals surface area (Å²) in [6, 6.07) is 0.919. The predicted octanol–water partition coefficient (Wildman–Crippen LogP) is 0.521. The SMILES string of the molecule is Cn1ccnc1CN1CCN2C(=O)N(C3CCOCC3)CC2C1. The Morgan fingerprint density at radius 2 is 2.00 bits per heavy atom. The molecule has 0 aromatic carbocycles. The molecule has 1 aromatic rings. The van der Waals surface area contributed by atoms with Crippen LogP contribution in [0.1, 0.15) is 18.7 Å². The van der Waals surface area contributed by atoms with Gasteiger partial charge in [0, 0.05) is 64.9 Å². The van der Waals surface area contributed by atoms with E-state index in [2.05, 4.69) is 24.3 Å². The third-order valence-corrected chi connectivity index (χ3v) is 5.38. The van der Waals surface area contributed by atoms with Crippen molar-refractivity contribution in [1.82, 2.24) is 24.3 Å². The summed E-state index contributed by atoms with van der Waals surface area (Å²) in [7, 11) is 2.03. The predicted molar refractivity (Wildman–Crippen MR) is 84.9 cm³/mol. The fourth-order valence-corrected chi connectivity index (χ4v) is 3.99. The van der Waals surface area contributed by atoms with E-state index >= 15 is 0 Å². The number of nitrogens with zero attached hydrogens (tertiary/aromatic N) is 5. The molecule has 1 unspecified atom stereocenters. The number of imidazole rings is 1. The molecule has 7 nitrogen and oxygen atoms in total. The van der Waals surface area contributed by atoms with Crippen LogP contribution in [0.3, 0.4) is 0 Å². The average Bonchev–Trinajstić information content (AvgIpc) is 3.12. The minimum Gasteiger partial charge on any atom is -0.381 e. The lowest BCUT2D eigenvalue weighted by Crippen LogP contribution is -2.51. The van der Waals surface area contributed by atoms with Gasteiger partial charge < -0.3 is 19.1 Å². The van der Waals surface area contributed by atoms with Gasteiger partial charge in [0.1, 0.15) is 5.82 Å². The van der Waals surface area contributed by atoms with Crippen LogP contribution >= 0.6 is 0 Å². The molecule has 3 fully saturated rings. The summed E-state index contributed by atoms with van der Waals surface area (Å²) in [5.74, 6) is 1.09.